The molecule has 3 heteroatoms. The van der Waals surface area contributed by atoms with Gasteiger partial charge in [-0.25, -0.2) is 4.39 Å². The average Bonchev–Trinajstić information content (AvgIpc) is 2.25. The molecule has 0 spiro atoms. The van der Waals surface area contributed by atoms with Gasteiger partial charge in [-0.3, -0.25) is 9.69 Å². The normalized spacial score (nSPS) is 11.1. The number of carbonyl (C=O) groups excluding carboxylic acids is 1. The summed E-state index contributed by atoms with van der Waals surface area (Å²) in [6.45, 7) is 7.11. The molecule has 16 heavy (non-hydrogen) atoms. The Morgan fingerprint density at radius 3 is 2.50 bits per heavy atom. The van der Waals surface area contributed by atoms with E-state index in [1.165, 1.54) is 12.1 Å². The number of ketones is 1. The maximum Gasteiger partial charge on any atom is 0.179 e. The highest BCUT2D eigenvalue weighted by Crippen LogP contribution is 2.09. The quantitative estimate of drug-likeness (QED) is 0.715. The number of hydrogen-bond donors (Lipinski definition) is 0. The largest absolute Gasteiger partial charge is 0.294 e. The van der Waals surface area contributed by atoms with Crippen LogP contribution in [-0.4, -0.2) is 29.8 Å². The van der Waals surface area contributed by atoms with Crippen LogP contribution in [0.3, 0.4) is 0 Å². The predicted octanol–water partition coefficient (Wildman–Crippen LogP) is 2.74. The number of nitrogens with zero attached hydrogens (tertiary/aromatic N) is 1. The zero-order valence-electron chi connectivity index (χ0n) is 10.0. The monoisotopic (exact) mass is 223 g/mol. The average molecular weight is 223 g/mol. The fourth-order valence-electron chi connectivity index (χ4n) is 1.62. The van der Waals surface area contributed by atoms with Crippen molar-refractivity contribution >= 4 is 5.78 Å². The van der Waals surface area contributed by atoms with Gasteiger partial charge in [-0.05, 0) is 32.5 Å². The highest BCUT2D eigenvalue weighted by molar-refractivity contribution is 5.97. The molecule has 0 saturated heterocycles. The standard InChI is InChI=1S/C13H18FNO/c1-4-15(10(2)3)9-13(16)11-7-5-6-8-12(11)14/h5-8,10H,4,9H2,1-3H3. The second-order valence-corrected chi connectivity index (χ2v) is 4.06. The number of rotatable bonds is 5. The van der Waals surface area contributed by atoms with Gasteiger partial charge in [-0.15, -0.1) is 0 Å². The second-order valence-electron chi connectivity index (χ2n) is 4.06. The van der Waals surface area contributed by atoms with Crippen LogP contribution in [-0.2, 0) is 0 Å². The van der Waals surface area contributed by atoms with E-state index < -0.39 is 5.82 Å². The molecule has 1 rings (SSSR count). The molecule has 0 fully saturated rings. The number of likely N-dealkylation sites (N-methyl/N-ethyl adjacent to an activating group) is 1. The van der Waals surface area contributed by atoms with Crippen molar-refractivity contribution in [3.05, 3.63) is 35.6 Å². The molecule has 0 aliphatic heterocycles. The molecule has 0 saturated carbocycles. The lowest BCUT2D eigenvalue weighted by atomic mass is 10.1. The van der Waals surface area contributed by atoms with Gasteiger partial charge >= 0.3 is 0 Å². The third-order valence-electron chi connectivity index (χ3n) is 2.66. The van der Waals surface area contributed by atoms with Crippen LogP contribution in [0.25, 0.3) is 0 Å². The Balaban J connectivity index is 2.76. The Morgan fingerprint density at radius 2 is 2.00 bits per heavy atom. The first-order valence-corrected chi connectivity index (χ1v) is 5.58. The summed E-state index contributed by atoms with van der Waals surface area (Å²) in [7, 11) is 0. The van der Waals surface area contributed by atoms with Crippen molar-refractivity contribution in [3.8, 4) is 0 Å². The van der Waals surface area contributed by atoms with Crippen molar-refractivity contribution in [3.63, 3.8) is 0 Å². The minimum Gasteiger partial charge on any atom is -0.294 e. The molecule has 0 unspecified atom stereocenters. The van der Waals surface area contributed by atoms with Crippen LogP contribution in [0.15, 0.2) is 24.3 Å². The molecule has 0 radical (unpaired) electrons. The van der Waals surface area contributed by atoms with Crippen molar-refractivity contribution in [1.29, 1.82) is 0 Å². The Hall–Kier alpha value is -1.22. The summed E-state index contributed by atoms with van der Waals surface area (Å²) in [5, 5.41) is 0. The maximum atomic E-state index is 13.4. The fraction of sp³-hybridized carbons (Fsp3) is 0.462. The van der Waals surface area contributed by atoms with E-state index in [0.29, 0.717) is 6.04 Å². The fourth-order valence-corrected chi connectivity index (χ4v) is 1.62. The molecule has 0 atom stereocenters. The van der Waals surface area contributed by atoms with E-state index in [4.69, 9.17) is 0 Å². The van der Waals surface area contributed by atoms with Crippen LogP contribution >= 0.6 is 0 Å². The highest BCUT2D eigenvalue weighted by Gasteiger charge is 2.16. The van der Waals surface area contributed by atoms with E-state index in [1.807, 2.05) is 25.7 Å². The predicted molar refractivity (Wildman–Crippen MR) is 63.1 cm³/mol. The van der Waals surface area contributed by atoms with Crippen molar-refractivity contribution in [2.75, 3.05) is 13.1 Å². The number of Topliss-reactive ketones (excluding diaryl/α,β-unsaturated/α-hetero) is 1. The Labute approximate surface area is 96.1 Å². The first kappa shape index (κ1) is 12.8. The Bertz CT molecular complexity index is 363. The summed E-state index contributed by atoms with van der Waals surface area (Å²) in [5.41, 5.74) is 0.182. The molecule has 0 aliphatic carbocycles. The Morgan fingerprint density at radius 1 is 1.38 bits per heavy atom. The molecule has 1 aromatic rings. The van der Waals surface area contributed by atoms with Gasteiger partial charge in [0, 0.05) is 6.04 Å². The first-order chi connectivity index (χ1) is 7.56. The highest BCUT2D eigenvalue weighted by atomic mass is 19.1. The molecular weight excluding hydrogens is 205 g/mol. The third kappa shape index (κ3) is 3.14. The van der Waals surface area contributed by atoms with Gasteiger partial charge in [-0.1, -0.05) is 19.1 Å². The Kier molecular flexibility index (Phi) is 4.62. The summed E-state index contributed by atoms with van der Waals surface area (Å²) in [5.74, 6) is -0.596. The van der Waals surface area contributed by atoms with Gasteiger partial charge in [0.1, 0.15) is 5.82 Å². The summed E-state index contributed by atoms with van der Waals surface area (Å²) in [6, 6.07) is 6.42. The lowest BCUT2D eigenvalue weighted by molar-refractivity contribution is 0.0907. The van der Waals surface area contributed by atoms with Crippen LogP contribution < -0.4 is 0 Å². The molecular formula is C13H18FNO. The minimum atomic E-state index is -0.438. The lowest BCUT2D eigenvalue weighted by Crippen LogP contribution is -2.35. The van der Waals surface area contributed by atoms with Gasteiger partial charge in [0.05, 0.1) is 12.1 Å². The molecule has 0 bridgehead atoms. The molecule has 0 amide bonds. The molecule has 0 heterocycles. The molecule has 0 N–H and O–H groups in total. The van der Waals surface area contributed by atoms with Gasteiger partial charge in [0.15, 0.2) is 5.78 Å². The van der Waals surface area contributed by atoms with Crippen molar-refractivity contribution in [2.45, 2.75) is 26.8 Å². The first-order valence-electron chi connectivity index (χ1n) is 5.58. The van der Waals surface area contributed by atoms with Gasteiger partial charge in [0.2, 0.25) is 0 Å². The lowest BCUT2D eigenvalue weighted by Gasteiger charge is -2.23. The van der Waals surface area contributed by atoms with Gasteiger partial charge in [0.25, 0.3) is 0 Å². The van der Waals surface area contributed by atoms with E-state index in [2.05, 4.69) is 0 Å². The van der Waals surface area contributed by atoms with E-state index in [1.54, 1.807) is 12.1 Å². The summed E-state index contributed by atoms with van der Waals surface area (Å²) < 4.78 is 13.4. The summed E-state index contributed by atoms with van der Waals surface area (Å²) in [6.07, 6.45) is 0. The van der Waals surface area contributed by atoms with Crippen molar-refractivity contribution < 1.29 is 9.18 Å². The molecule has 88 valence electrons. The molecule has 2 nitrogen and oxygen atoms in total. The number of halogens is 1. The zero-order chi connectivity index (χ0) is 12.1. The van der Waals surface area contributed by atoms with Crippen LogP contribution in [0.5, 0.6) is 0 Å². The van der Waals surface area contributed by atoms with Crippen LogP contribution in [0.1, 0.15) is 31.1 Å². The van der Waals surface area contributed by atoms with Crippen LogP contribution in [0.4, 0.5) is 4.39 Å². The van der Waals surface area contributed by atoms with E-state index in [0.717, 1.165) is 6.54 Å². The van der Waals surface area contributed by atoms with Gasteiger partial charge < -0.3 is 0 Å². The topological polar surface area (TPSA) is 20.3 Å². The number of benzene rings is 1. The van der Waals surface area contributed by atoms with Crippen LogP contribution in [0, 0.1) is 5.82 Å². The smallest absolute Gasteiger partial charge is 0.179 e. The van der Waals surface area contributed by atoms with E-state index >= 15 is 0 Å². The van der Waals surface area contributed by atoms with Gasteiger partial charge in [-0.2, -0.15) is 0 Å². The number of carbonyl (C=O) groups is 1. The summed E-state index contributed by atoms with van der Waals surface area (Å²) in [4.78, 5) is 13.9. The third-order valence-corrected chi connectivity index (χ3v) is 2.66. The maximum absolute atomic E-state index is 13.4. The van der Waals surface area contributed by atoms with Crippen LogP contribution in [0.2, 0.25) is 0 Å². The minimum absolute atomic E-state index is 0.159. The molecule has 0 aromatic heterocycles. The van der Waals surface area contributed by atoms with Crippen molar-refractivity contribution in [1.82, 2.24) is 4.90 Å². The van der Waals surface area contributed by atoms with Crippen molar-refractivity contribution in [2.24, 2.45) is 0 Å². The molecule has 1 aromatic carbocycles. The van der Waals surface area contributed by atoms with E-state index in [9.17, 15) is 9.18 Å². The molecule has 0 aliphatic rings. The zero-order valence-corrected chi connectivity index (χ0v) is 10.0. The summed E-state index contributed by atoms with van der Waals surface area (Å²) >= 11 is 0. The van der Waals surface area contributed by atoms with E-state index in [-0.39, 0.29) is 17.9 Å². The SMILES string of the molecule is CCN(CC(=O)c1ccccc1F)C(C)C. The second kappa shape index (κ2) is 5.75. The number of hydrogen-bond acceptors (Lipinski definition) is 2.